The van der Waals surface area contributed by atoms with Gasteiger partial charge in [0.25, 0.3) is 0 Å². The first kappa shape index (κ1) is 25.8. The number of hydrogen-bond donors (Lipinski definition) is 0. The second kappa shape index (κ2) is 13.1. The normalized spacial score (nSPS) is 15.2. The summed E-state index contributed by atoms with van der Waals surface area (Å²) in [7, 11) is 3.20. The Hall–Kier alpha value is -3.29. The number of thiophene rings is 1. The van der Waals surface area contributed by atoms with Gasteiger partial charge in [0, 0.05) is 32.2 Å². The van der Waals surface area contributed by atoms with Gasteiger partial charge >= 0.3 is 0 Å². The summed E-state index contributed by atoms with van der Waals surface area (Å²) in [6.45, 7) is 2.41. The van der Waals surface area contributed by atoms with Gasteiger partial charge < -0.3 is 23.8 Å². The molecule has 1 atom stereocenters. The predicted molar refractivity (Wildman–Crippen MR) is 143 cm³/mol. The molecule has 0 spiro atoms. The summed E-state index contributed by atoms with van der Waals surface area (Å²) in [4.78, 5) is 15.1. The van der Waals surface area contributed by atoms with Crippen LogP contribution in [0.3, 0.4) is 0 Å². The van der Waals surface area contributed by atoms with E-state index in [0.29, 0.717) is 31.2 Å². The van der Waals surface area contributed by atoms with Gasteiger partial charge in [-0.15, -0.1) is 0 Å². The van der Waals surface area contributed by atoms with Crippen molar-refractivity contribution in [2.75, 3.05) is 34.0 Å². The number of carbonyl (C=O) groups is 1. The smallest absolute Gasteiger partial charge is 0.246 e. The second-order valence-electron chi connectivity index (χ2n) is 8.68. The molecule has 1 unspecified atom stereocenters. The van der Waals surface area contributed by atoms with Crippen molar-refractivity contribution in [3.8, 4) is 17.2 Å². The molecule has 2 heterocycles. The lowest BCUT2D eigenvalue weighted by molar-refractivity contribution is -0.128. The highest BCUT2D eigenvalue weighted by Gasteiger charge is 2.22. The summed E-state index contributed by atoms with van der Waals surface area (Å²) in [6.07, 6.45) is 6.34. The molecule has 6 nitrogen and oxygen atoms in total. The summed E-state index contributed by atoms with van der Waals surface area (Å²) >= 11 is 1.70. The average molecular weight is 508 g/mol. The Labute approximate surface area is 217 Å². The molecule has 1 saturated heterocycles. The topological polar surface area (TPSA) is 57.2 Å². The van der Waals surface area contributed by atoms with Crippen LogP contribution in [0, 0.1) is 0 Å². The lowest BCUT2D eigenvalue weighted by Crippen LogP contribution is -2.35. The molecule has 1 fully saturated rings. The third-order valence-electron chi connectivity index (χ3n) is 6.10. The summed E-state index contributed by atoms with van der Waals surface area (Å²) in [5.74, 6) is 2.02. The maximum absolute atomic E-state index is 13.3. The zero-order valence-electron chi connectivity index (χ0n) is 20.9. The molecule has 1 aliphatic heterocycles. The minimum atomic E-state index is -0.0657. The van der Waals surface area contributed by atoms with E-state index in [0.717, 1.165) is 42.7 Å². The van der Waals surface area contributed by atoms with Crippen LogP contribution in [0.25, 0.3) is 6.08 Å². The Morgan fingerprint density at radius 2 is 2.00 bits per heavy atom. The van der Waals surface area contributed by atoms with Crippen molar-refractivity contribution in [2.45, 2.75) is 31.9 Å². The Bertz CT molecular complexity index is 1140. The van der Waals surface area contributed by atoms with Gasteiger partial charge in [0.15, 0.2) is 11.5 Å². The van der Waals surface area contributed by atoms with Crippen molar-refractivity contribution < 1.29 is 23.7 Å². The number of benzene rings is 2. The molecule has 0 saturated carbocycles. The molecule has 1 aromatic heterocycles. The van der Waals surface area contributed by atoms with E-state index in [4.69, 9.17) is 18.9 Å². The number of nitrogens with zero attached hydrogens (tertiary/aromatic N) is 1. The third-order valence-corrected chi connectivity index (χ3v) is 6.83. The van der Waals surface area contributed by atoms with Gasteiger partial charge in [-0.3, -0.25) is 4.79 Å². The fourth-order valence-corrected chi connectivity index (χ4v) is 4.87. The highest BCUT2D eigenvalue weighted by atomic mass is 32.1. The third kappa shape index (κ3) is 7.35. The molecule has 2 aromatic carbocycles. The molecule has 190 valence electrons. The quantitative estimate of drug-likeness (QED) is 0.298. The number of hydrogen-bond acceptors (Lipinski definition) is 6. The molecule has 4 rings (SSSR count). The molecule has 0 aliphatic carbocycles. The predicted octanol–water partition coefficient (Wildman–Crippen LogP) is 5.61. The maximum atomic E-state index is 13.3. The number of carbonyl (C=O) groups excluding carboxylic acids is 1. The van der Waals surface area contributed by atoms with E-state index >= 15 is 0 Å². The minimum Gasteiger partial charge on any atom is -0.493 e. The van der Waals surface area contributed by atoms with Crippen LogP contribution in [0.1, 0.15) is 29.5 Å². The molecule has 1 aliphatic rings. The van der Waals surface area contributed by atoms with E-state index in [1.165, 1.54) is 5.56 Å². The van der Waals surface area contributed by atoms with Gasteiger partial charge in [0.2, 0.25) is 5.91 Å². The zero-order chi connectivity index (χ0) is 25.2. The van der Waals surface area contributed by atoms with Crippen molar-refractivity contribution in [1.29, 1.82) is 0 Å². The van der Waals surface area contributed by atoms with Gasteiger partial charge in [-0.05, 0) is 76.7 Å². The summed E-state index contributed by atoms with van der Waals surface area (Å²) in [5.41, 5.74) is 3.17. The van der Waals surface area contributed by atoms with Crippen LogP contribution in [0.5, 0.6) is 17.2 Å². The molecule has 7 heteroatoms. The number of rotatable bonds is 12. The Morgan fingerprint density at radius 3 is 2.75 bits per heavy atom. The first-order valence-electron chi connectivity index (χ1n) is 12.2. The first-order chi connectivity index (χ1) is 17.6. The molecule has 0 radical (unpaired) electrons. The molecule has 36 heavy (non-hydrogen) atoms. The number of ether oxygens (including phenoxy) is 4. The van der Waals surface area contributed by atoms with Crippen LogP contribution in [0.4, 0.5) is 0 Å². The highest BCUT2D eigenvalue weighted by Crippen LogP contribution is 2.28. The standard InChI is InChI=1S/C29H33NO5S/c1-32-27-10-8-22(18-28(27)33-2)9-11-29(31)30(20-26-7-4-14-34-26)19-24-5-3-6-25(17-24)35-15-12-23-13-16-36-21-23/h3,5-6,8-11,13,16-18,21,26H,4,7,12,14-15,19-20H2,1-2H3. The Kier molecular flexibility index (Phi) is 9.41. The maximum Gasteiger partial charge on any atom is 0.246 e. The van der Waals surface area contributed by atoms with E-state index in [1.807, 2.05) is 47.4 Å². The second-order valence-corrected chi connectivity index (χ2v) is 9.46. The van der Waals surface area contributed by atoms with Gasteiger partial charge in [-0.25, -0.2) is 0 Å². The van der Waals surface area contributed by atoms with Gasteiger partial charge in [-0.2, -0.15) is 11.3 Å². The fraction of sp³-hybridized carbons (Fsp3) is 0.345. The summed E-state index contributed by atoms with van der Waals surface area (Å²) in [5, 5.41) is 4.22. The first-order valence-corrected chi connectivity index (χ1v) is 13.1. The van der Waals surface area contributed by atoms with E-state index < -0.39 is 0 Å². The minimum absolute atomic E-state index is 0.0634. The SMILES string of the molecule is COc1ccc(C=CC(=O)N(Cc2cccc(OCCc3ccsc3)c2)CC2CCCO2)cc1OC. The zero-order valence-corrected chi connectivity index (χ0v) is 21.7. The molecule has 1 amide bonds. The average Bonchev–Trinajstić information content (AvgIpc) is 3.61. The Balaban J connectivity index is 1.43. The van der Waals surface area contributed by atoms with Gasteiger partial charge in [-0.1, -0.05) is 18.2 Å². The van der Waals surface area contributed by atoms with Crippen molar-refractivity contribution in [1.82, 2.24) is 4.90 Å². The largest absolute Gasteiger partial charge is 0.493 e. The molecule has 0 N–H and O–H groups in total. The van der Waals surface area contributed by atoms with Gasteiger partial charge in [0.05, 0.1) is 26.9 Å². The van der Waals surface area contributed by atoms with E-state index in [1.54, 1.807) is 37.7 Å². The summed E-state index contributed by atoms with van der Waals surface area (Å²) in [6, 6.07) is 15.7. The van der Waals surface area contributed by atoms with E-state index in [9.17, 15) is 4.79 Å². The molecular weight excluding hydrogens is 474 g/mol. The van der Waals surface area contributed by atoms with Crippen molar-refractivity contribution >= 4 is 23.3 Å². The van der Waals surface area contributed by atoms with Crippen molar-refractivity contribution in [2.24, 2.45) is 0 Å². The van der Waals surface area contributed by atoms with Crippen molar-refractivity contribution in [3.05, 3.63) is 82.1 Å². The monoisotopic (exact) mass is 507 g/mol. The lowest BCUT2D eigenvalue weighted by atomic mass is 10.1. The van der Waals surface area contributed by atoms with Crippen molar-refractivity contribution in [3.63, 3.8) is 0 Å². The summed E-state index contributed by atoms with van der Waals surface area (Å²) < 4.78 is 22.5. The molecular formula is C29H33NO5S. The molecule has 0 bridgehead atoms. The Morgan fingerprint density at radius 1 is 1.11 bits per heavy atom. The van der Waals surface area contributed by atoms with Crippen LogP contribution < -0.4 is 14.2 Å². The highest BCUT2D eigenvalue weighted by molar-refractivity contribution is 7.07. The fourth-order valence-electron chi connectivity index (χ4n) is 4.17. The lowest BCUT2D eigenvalue weighted by Gasteiger charge is -2.24. The number of amides is 1. The molecule has 3 aromatic rings. The van der Waals surface area contributed by atoms with E-state index in [2.05, 4.69) is 16.8 Å². The van der Waals surface area contributed by atoms with Crippen LogP contribution in [-0.2, 0) is 22.5 Å². The van der Waals surface area contributed by atoms with Crippen LogP contribution in [0.15, 0.2) is 65.4 Å². The van der Waals surface area contributed by atoms with Gasteiger partial charge in [0.1, 0.15) is 5.75 Å². The van der Waals surface area contributed by atoms with Crippen LogP contribution in [-0.4, -0.2) is 50.9 Å². The van der Waals surface area contributed by atoms with E-state index in [-0.39, 0.29) is 12.0 Å². The van der Waals surface area contributed by atoms with Crippen LogP contribution >= 0.6 is 11.3 Å². The van der Waals surface area contributed by atoms with Crippen LogP contribution in [0.2, 0.25) is 0 Å². The number of methoxy groups -OCH3 is 2.